The Labute approximate surface area is 208 Å². The van der Waals surface area contributed by atoms with E-state index in [0.29, 0.717) is 13.0 Å². The minimum atomic E-state index is -2.64. The molecule has 1 saturated carbocycles. The van der Waals surface area contributed by atoms with Crippen molar-refractivity contribution in [2.45, 2.75) is 89.4 Å². The Kier molecular flexibility index (Phi) is 7.51. The van der Waals surface area contributed by atoms with Crippen molar-refractivity contribution in [1.29, 1.82) is 0 Å². The molecule has 190 valence electrons. The van der Waals surface area contributed by atoms with E-state index in [4.69, 9.17) is 4.74 Å². The molecule has 4 nitrogen and oxygen atoms in total. The van der Waals surface area contributed by atoms with Crippen molar-refractivity contribution in [2.24, 2.45) is 5.92 Å². The lowest BCUT2D eigenvalue weighted by atomic mass is 9.86. The zero-order valence-electron chi connectivity index (χ0n) is 21.3. The highest BCUT2D eigenvalue weighted by Gasteiger charge is 2.43. The molecule has 3 atom stereocenters. The summed E-state index contributed by atoms with van der Waals surface area (Å²) in [5, 5.41) is 3.60. The molecule has 0 radical (unpaired) electrons. The van der Waals surface area contributed by atoms with E-state index >= 15 is 0 Å². The number of hydrogen-bond donors (Lipinski definition) is 1. The maximum Gasteiger partial charge on any atom is 0.248 e. The van der Waals surface area contributed by atoms with Crippen LogP contribution >= 0.6 is 0 Å². The first-order valence-corrected chi connectivity index (χ1v) is 12.7. The van der Waals surface area contributed by atoms with Crippen LogP contribution in [0, 0.1) is 5.92 Å². The van der Waals surface area contributed by atoms with Gasteiger partial charge < -0.3 is 9.64 Å². The Morgan fingerprint density at radius 3 is 2.49 bits per heavy atom. The second-order valence-electron chi connectivity index (χ2n) is 11.1. The monoisotopic (exact) mass is 484 g/mol. The van der Waals surface area contributed by atoms with Gasteiger partial charge in [0.1, 0.15) is 5.75 Å². The number of rotatable bonds is 7. The normalized spacial score (nSPS) is 24.1. The van der Waals surface area contributed by atoms with E-state index in [1.54, 1.807) is 7.11 Å². The highest BCUT2D eigenvalue weighted by Crippen LogP contribution is 2.42. The number of nitrogens with one attached hydrogen (secondary N) is 1. The highest BCUT2D eigenvalue weighted by molar-refractivity contribution is 5.77. The Balaban J connectivity index is 1.53. The molecule has 0 spiro atoms. The number of halogens is 2. The van der Waals surface area contributed by atoms with Crippen LogP contribution in [0.25, 0.3) is 0 Å². The molecule has 1 amide bonds. The number of hydrogen-bond acceptors (Lipinski definition) is 3. The molecule has 1 N–H and O–H groups in total. The van der Waals surface area contributed by atoms with Crippen LogP contribution in [0.4, 0.5) is 8.78 Å². The van der Waals surface area contributed by atoms with Gasteiger partial charge in [0.15, 0.2) is 0 Å². The SMILES string of the molecule is COc1ccc(C(C)(C)C)cc1CNC1CCC(c2ccccc2)N1C(=O)CC1CCC(F)(F)C1. The van der Waals surface area contributed by atoms with E-state index in [9.17, 15) is 13.6 Å². The van der Waals surface area contributed by atoms with Crippen molar-refractivity contribution in [3.8, 4) is 5.75 Å². The van der Waals surface area contributed by atoms with Gasteiger partial charge in [-0.1, -0.05) is 63.2 Å². The molecule has 6 heteroatoms. The van der Waals surface area contributed by atoms with Gasteiger partial charge in [-0.3, -0.25) is 10.1 Å². The van der Waals surface area contributed by atoms with Crippen molar-refractivity contribution in [2.75, 3.05) is 7.11 Å². The van der Waals surface area contributed by atoms with Gasteiger partial charge in [-0.25, -0.2) is 8.78 Å². The minimum Gasteiger partial charge on any atom is -0.496 e. The second kappa shape index (κ2) is 10.3. The Hall–Kier alpha value is -2.47. The van der Waals surface area contributed by atoms with Gasteiger partial charge in [-0.15, -0.1) is 0 Å². The molecular weight excluding hydrogens is 446 g/mol. The quantitative estimate of drug-likeness (QED) is 0.482. The van der Waals surface area contributed by atoms with E-state index in [1.807, 2.05) is 41.3 Å². The highest BCUT2D eigenvalue weighted by atomic mass is 19.3. The van der Waals surface area contributed by atoms with Gasteiger partial charge in [0, 0.05) is 31.4 Å². The fourth-order valence-corrected chi connectivity index (χ4v) is 5.54. The molecule has 2 aliphatic rings. The van der Waals surface area contributed by atoms with Crippen molar-refractivity contribution in [3.05, 3.63) is 65.2 Å². The van der Waals surface area contributed by atoms with Crippen LogP contribution < -0.4 is 10.1 Å². The van der Waals surface area contributed by atoms with E-state index < -0.39 is 5.92 Å². The van der Waals surface area contributed by atoms with E-state index in [2.05, 4.69) is 38.2 Å². The number of amides is 1. The predicted molar refractivity (Wildman–Crippen MR) is 134 cm³/mol. The fraction of sp³-hybridized carbons (Fsp3) is 0.552. The van der Waals surface area contributed by atoms with Gasteiger partial charge in [0.25, 0.3) is 0 Å². The number of methoxy groups -OCH3 is 1. The number of benzene rings is 2. The van der Waals surface area contributed by atoms with E-state index in [1.165, 1.54) is 5.56 Å². The first-order chi connectivity index (χ1) is 16.6. The predicted octanol–water partition coefficient (Wildman–Crippen LogP) is 6.60. The summed E-state index contributed by atoms with van der Waals surface area (Å²) in [7, 11) is 1.67. The third kappa shape index (κ3) is 6.03. The van der Waals surface area contributed by atoms with Crippen LogP contribution in [0.5, 0.6) is 5.75 Å². The molecule has 2 aromatic carbocycles. The average molecular weight is 485 g/mol. The summed E-state index contributed by atoms with van der Waals surface area (Å²) in [6.45, 7) is 7.10. The summed E-state index contributed by atoms with van der Waals surface area (Å²) in [4.78, 5) is 15.5. The lowest BCUT2D eigenvalue weighted by molar-refractivity contribution is -0.136. The zero-order chi connectivity index (χ0) is 25.2. The van der Waals surface area contributed by atoms with Crippen LogP contribution in [0.2, 0.25) is 0 Å². The molecule has 2 fully saturated rings. The van der Waals surface area contributed by atoms with Gasteiger partial charge in [0.2, 0.25) is 11.8 Å². The third-order valence-corrected chi connectivity index (χ3v) is 7.50. The lowest BCUT2D eigenvalue weighted by Gasteiger charge is -2.32. The number of alkyl halides is 2. The molecule has 3 unspecified atom stereocenters. The lowest BCUT2D eigenvalue weighted by Crippen LogP contribution is -2.45. The maximum absolute atomic E-state index is 13.8. The summed E-state index contributed by atoms with van der Waals surface area (Å²) in [6.07, 6.45) is 1.80. The maximum atomic E-state index is 13.8. The number of ether oxygens (including phenoxy) is 1. The van der Waals surface area contributed by atoms with Crippen LogP contribution in [-0.2, 0) is 16.8 Å². The summed E-state index contributed by atoms with van der Waals surface area (Å²) in [5.74, 6) is -2.11. The fourth-order valence-electron chi connectivity index (χ4n) is 5.54. The van der Waals surface area contributed by atoms with Crippen molar-refractivity contribution in [3.63, 3.8) is 0 Å². The molecule has 1 aliphatic carbocycles. The first-order valence-electron chi connectivity index (χ1n) is 12.7. The minimum absolute atomic E-state index is 0.0120. The van der Waals surface area contributed by atoms with E-state index in [0.717, 1.165) is 29.7 Å². The Morgan fingerprint density at radius 1 is 1.11 bits per heavy atom. The summed E-state index contributed by atoms with van der Waals surface area (Å²) >= 11 is 0. The smallest absolute Gasteiger partial charge is 0.248 e. The summed E-state index contributed by atoms with van der Waals surface area (Å²) < 4.78 is 33.2. The zero-order valence-corrected chi connectivity index (χ0v) is 21.3. The summed E-state index contributed by atoms with van der Waals surface area (Å²) in [6, 6.07) is 16.2. The van der Waals surface area contributed by atoms with Crippen LogP contribution in [0.1, 0.15) is 82.0 Å². The largest absolute Gasteiger partial charge is 0.496 e. The number of carbonyl (C=O) groups is 1. The molecule has 2 aromatic rings. The second-order valence-corrected chi connectivity index (χ2v) is 11.1. The molecule has 4 rings (SSSR count). The van der Waals surface area contributed by atoms with Crippen molar-refractivity contribution >= 4 is 5.91 Å². The molecule has 0 aromatic heterocycles. The van der Waals surface area contributed by atoms with Gasteiger partial charge in [-0.05, 0) is 47.8 Å². The van der Waals surface area contributed by atoms with Crippen LogP contribution in [0.3, 0.4) is 0 Å². The number of nitrogens with zero attached hydrogens (tertiary/aromatic N) is 1. The van der Waals surface area contributed by atoms with Crippen LogP contribution in [0.15, 0.2) is 48.5 Å². The molecular formula is C29H38F2N2O2. The topological polar surface area (TPSA) is 41.6 Å². The van der Waals surface area contributed by atoms with Gasteiger partial charge in [0.05, 0.1) is 19.3 Å². The molecule has 1 saturated heterocycles. The van der Waals surface area contributed by atoms with Crippen molar-refractivity contribution in [1.82, 2.24) is 10.2 Å². The number of likely N-dealkylation sites (tertiary alicyclic amines) is 1. The third-order valence-electron chi connectivity index (χ3n) is 7.50. The standard InChI is InChI=1S/C29H38F2N2O2/c1-28(2,3)23-10-12-25(35-4)22(17-23)19-32-26-13-11-24(21-8-6-5-7-9-21)33(26)27(34)16-20-14-15-29(30,31)18-20/h5-10,12,17,20,24,26,32H,11,13-16,18-19H2,1-4H3. The molecule has 1 heterocycles. The van der Waals surface area contributed by atoms with Crippen LogP contribution in [-0.4, -0.2) is 30.0 Å². The Morgan fingerprint density at radius 2 is 1.86 bits per heavy atom. The van der Waals surface area contributed by atoms with Gasteiger partial charge >= 0.3 is 0 Å². The Bertz CT molecular complexity index is 1020. The molecule has 35 heavy (non-hydrogen) atoms. The average Bonchev–Trinajstić information content (AvgIpc) is 3.39. The van der Waals surface area contributed by atoms with E-state index in [-0.39, 0.29) is 48.7 Å². The summed E-state index contributed by atoms with van der Waals surface area (Å²) in [5.41, 5.74) is 3.37. The van der Waals surface area contributed by atoms with Crippen molar-refractivity contribution < 1.29 is 18.3 Å². The number of carbonyl (C=O) groups excluding carboxylic acids is 1. The molecule has 1 aliphatic heterocycles. The molecule has 0 bridgehead atoms. The van der Waals surface area contributed by atoms with Gasteiger partial charge in [-0.2, -0.15) is 0 Å². The first kappa shape index (κ1) is 25.6.